The van der Waals surface area contributed by atoms with E-state index in [2.05, 4.69) is 39.3 Å². The van der Waals surface area contributed by atoms with Crippen LogP contribution in [0.2, 0.25) is 5.28 Å². The first-order valence-corrected chi connectivity index (χ1v) is 5.98. The van der Waals surface area contributed by atoms with Crippen LogP contribution in [-0.2, 0) is 6.42 Å². The van der Waals surface area contributed by atoms with Gasteiger partial charge >= 0.3 is 0 Å². The van der Waals surface area contributed by atoms with Crippen molar-refractivity contribution in [2.75, 3.05) is 17.6 Å². The smallest absolute Gasteiger partial charge is 0.228 e. The third-order valence-electron chi connectivity index (χ3n) is 2.56. The van der Waals surface area contributed by atoms with Crippen LogP contribution in [0.4, 0.5) is 11.9 Å². The Bertz CT molecular complexity index is 523. The Morgan fingerprint density at radius 1 is 1.22 bits per heavy atom. The second kappa shape index (κ2) is 5.64. The molecule has 2 rings (SSSR count). The number of nitrogen functional groups attached to an aromatic ring is 1. The standard InChI is InChI=1S/C12H14ClN5/c1-8-4-2-3-5-9(8)6-7-15-12-17-10(13)16-11(14)18-12/h2-5H,6-7H2,1H3,(H3,14,15,16,17,18). The van der Waals surface area contributed by atoms with Crippen LogP contribution in [0.5, 0.6) is 0 Å². The van der Waals surface area contributed by atoms with Crippen LogP contribution in [0.15, 0.2) is 24.3 Å². The number of halogens is 1. The van der Waals surface area contributed by atoms with Crippen molar-refractivity contribution in [1.29, 1.82) is 0 Å². The molecule has 94 valence electrons. The van der Waals surface area contributed by atoms with Gasteiger partial charge in [0, 0.05) is 6.54 Å². The summed E-state index contributed by atoms with van der Waals surface area (Å²) in [6.45, 7) is 2.80. The molecule has 3 N–H and O–H groups in total. The van der Waals surface area contributed by atoms with E-state index in [1.807, 2.05) is 12.1 Å². The molecule has 0 aliphatic carbocycles. The second-order valence-corrected chi connectivity index (χ2v) is 4.23. The average molecular weight is 264 g/mol. The molecule has 0 fully saturated rings. The van der Waals surface area contributed by atoms with Gasteiger partial charge in [0.1, 0.15) is 0 Å². The minimum atomic E-state index is 0.0980. The molecular formula is C12H14ClN5. The molecule has 2 aromatic rings. The molecule has 0 bridgehead atoms. The lowest BCUT2D eigenvalue weighted by atomic mass is 10.1. The Balaban J connectivity index is 1.94. The lowest BCUT2D eigenvalue weighted by molar-refractivity contribution is 0.960. The van der Waals surface area contributed by atoms with Crippen LogP contribution in [0.1, 0.15) is 11.1 Å². The van der Waals surface area contributed by atoms with Gasteiger partial charge < -0.3 is 11.1 Å². The number of benzene rings is 1. The van der Waals surface area contributed by atoms with E-state index < -0.39 is 0 Å². The maximum absolute atomic E-state index is 5.69. The van der Waals surface area contributed by atoms with Gasteiger partial charge in [0.2, 0.25) is 17.2 Å². The quantitative estimate of drug-likeness (QED) is 0.883. The number of nitrogens with one attached hydrogen (secondary N) is 1. The summed E-state index contributed by atoms with van der Waals surface area (Å²) in [4.78, 5) is 11.6. The lowest BCUT2D eigenvalue weighted by Gasteiger charge is -2.07. The van der Waals surface area contributed by atoms with Crippen LogP contribution >= 0.6 is 11.6 Å². The normalized spacial score (nSPS) is 10.3. The Labute approximate surface area is 110 Å². The van der Waals surface area contributed by atoms with E-state index in [1.165, 1.54) is 11.1 Å². The third-order valence-corrected chi connectivity index (χ3v) is 2.73. The van der Waals surface area contributed by atoms with Crippen LogP contribution in [0.3, 0.4) is 0 Å². The van der Waals surface area contributed by atoms with Gasteiger partial charge in [0.05, 0.1) is 0 Å². The van der Waals surface area contributed by atoms with E-state index in [0.717, 1.165) is 6.42 Å². The van der Waals surface area contributed by atoms with Crippen molar-refractivity contribution in [3.63, 3.8) is 0 Å². The average Bonchev–Trinajstić information content (AvgIpc) is 2.30. The Morgan fingerprint density at radius 2 is 2.00 bits per heavy atom. The highest BCUT2D eigenvalue weighted by molar-refractivity contribution is 6.28. The zero-order valence-electron chi connectivity index (χ0n) is 10.0. The molecule has 0 aliphatic rings. The first-order valence-electron chi connectivity index (χ1n) is 5.60. The van der Waals surface area contributed by atoms with Gasteiger partial charge in [-0.3, -0.25) is 0 Å². The maximum atomic E-state index is 5.69. The molecule has 0 saturated heterocycles. The van der Waals surface area contributed by atoms with Gasteiger partial charge in [0.15, 0.2) is 0 Å². The largest absolute Gasteiger partial charge is 0.368 e. The van der Waals surface area contributed by atoms with Gasteiger partial charge in [-0.1, -0.05) is 24.3 Å². The highest BCUT2D eigenvalue weighted by Crippen LogP contribution is 2.09. The second-order valence-electron chi connectivity index (χ2n) is 3.89. The van der Waals surface area contributed by atoms with Crippen molar-refractivity contribution in [3.8, 4) is 0 Å². The zero-order chi connectivity index (χ0) is 13.0. The topological polar surface area (TPSA) is 76.7 Å². The van der Waals surface area contributed by atoms with E-state index in [9.17, 15) is 0 Å². The molecule has 0 unspecified atom stereocenters. The number of hydrogen-bond donors (Lipinski definition) is 2. The number of nitrogens with zero attached hydrogens (tertiary/aromatic N) is 3. The van der Waals surface area contributed by atoms with Crippen molar-refractivity contribution in [1.82, 2.24) is 15.0 Å². The number of nitrogens with two attached hydrogens (primary N) is 1. The monoisotopic (exact) mass is 263 g/mol. The lowest BCUT2D eigenvalue weighted by Crippen LogP contribution is -2.10. The van der Waals surface area contributed by atoms with E-state index >= 15 is 0 Å². The first kappa shape index (κ1) is 12.6. The predicted molar refractivity (Wildman–Crippen MR) is 72.6 cm³/mol. The van der Waals surface area contributed by atoms with E-state index in [0.29, 0.717) is 12.5 Å². The molecule has 6 heteroatoms. The van der Waals surface area contributed by atoms with Crippen LogP contribution in [0, 0.1) is 6.92 Å². The minimum absolute atomic E-state index is 0.0980. The molecule has 0 aliphatic heterocycles. The highest BCUT2D eigenvalue weighted by Gasteiger charge is 2.02. The molecule has 1 aromatic heterocycles. The van der Waals surface area contributed by atoms with Crippen molar-refractivity contribution >= 4 is 23.5 Å². The summed E-state index contributed by atoms with van der Waals surface area (Å²) in [6.07, 6.45) is 0.885. The summed E-state index contributed by atoms with van der Waals surface area (Å²) in [6, 6.07) is 8.25. The summed E-state index contributed by atoms with van der Waals surface area (Å²) in [5.74, 6) is 0.523. The van der Waals surface area contributed by atoms with Crippen LogP contribution in [0.25, 0.3) is 0 Å². The predicted octanol–water partition coefficient (Wildman–Crippen LogP) is 2.07. The zero-order valence-corrected chi connectivity index (χ0v) is 10.8. The number of aryl methyl sites for hydroxylation is 1. The van der Waals surface area contributed by atoms with Crippen LogP contribution in [-0.4, -0.2) is 21.5 Å². The van der Waals surface area contributed by atoms with Gasteiger partial charge in [-0.05, 0) is 36.1 Å². The number of hydrogen-bond acceptors (Lipinski definition) is 5. The van der Waals surface area contributed by atoms with Gasteiger partial charge in [0.25, 0.3) is 0 Å². The van der Waals surface area contributed by atoms with E-state index in [1.54, 1.807) is 0 Å². The Kier molecular flexibility index (Phi) is 3.94. The van der Waals surface area contributed by atoms with Gasteiger partial charge in [-0.15, -0.1) is 0 Å². The van der Waals surface area contributed by atoms with Gasteiger partial charge in [-0.2, -0.15) is 15.0 Å². The highest BCUT2D eigenvalue weighted by atomic mass is 35.5. The van der Waals surface area contributed by atoms with Crippen molar-refractivity contribution in [2.24, 2.45) is 0 Å². The molecule has 0 saturated carbocycles. The van der Waals surface area contributed by atoms with Crippen molar-refractivity contribution in [3.05, 3.63) is 40.7 Å². The minimum Gasteiger partial charge on any atom is -0.368 e. The fourth-order valence-electron chi connectivity index (χ4n) is 1.64. The molecule has 0 radical (unpaired) electrons. The maximum Gasteiger partial charge on any atom is 0.228 e. The van der Waals surface area contributed by atoms with Gasteiger partial charge in [-0.25, -0.2) is 0 Å². The third kappa shape index (κ3) is 3.30. The summed E-state index contributed by atoms with van der Waals surface area (Å²) in [5, 5.41) is 3.17. The number of rotatable bonds is 4. The molecule has 1 aromatic carbocycles. The summed E-state index contributed by atoms with van der Waals surface area (Å²) < 4.78 is 0. The molecule has 0 spiro atoms. The van der Waals surface area contributed by atoms with E-state index in [4.69, 9.17) is 17.3 Å². The first-order chi connectivity index (χ1) is 8.65. The molecular weight excluding hydrogens is 250 g/mol. The molecule has 18 heavy (non-hydrogen) atoms. The summed E-state index contributed by atoms with van der Waals surface area (Å²) in [7, 11) is 0. The molecule has 0 atom stereocenters. The van der Waals surface area contributed by atoms with Crippen molar-refractivity contribution in [2.45, 2.75) is 13.3 Å². The fourth-order valence-corrected chi connectivity index (χ4v) is 1.81. The van der Waals surface area contributed by atoms with Crippen molar-refractivity contribution < 1.29 is 0 Å². The van der Waals surface area contributed by atoms with E-state index in [-0.39, 0.29) is 11.2 Å². The summed E-state index contributed by atoms with van der Waals surface area (Å²) in [5.41, 5.74) is 8.04. The molecule has 5 nitrogen and oxygen atoms in total. The molecule has 1 heterocycles. The number of aromatic nitrogens is 3. The number of anilines is 2. The Morgan fingerprint density at radius 3 is 2.72 bits per heavy atom. The molecule has 0 amide bonds. The SMILES string of the molecule is Cc1ccccc1CCNc1nc(N)nc(Cl)n1. The fraction of sp³-hybridized carbons (Fsp3) is 0.250. The van der Waals surface area contributed by atoms with Crippen LogP contribution < -0.4 is 11.1 Å². The summed E-state index contributed by atoms with van der Waals surface area (Å²) >= 11 is 5.69. The Hall–Kier alpha value is -1.88.